The quantitative estimate of drug-likeness (QED) is 0.778. The van der Waals surface area contributed by atoms with Gasteiger partial charge in [-0.05, 0) is 28.5 Å². The summed E-state index contributed by atoms with van der Waals surface area (Å²) in [5.41, 5.74) is 3.51. The van der Waals surface area contributed by atoms with Crippen LogP contribution in [-0.2, 0) is 0 Å². The second-order valence-electron chi connectivity index (χ2n) is 4.56. The van der Waals surface area contributed by atoms with Crippen molar-refractivity contribution in [3.63, 3.8) is 0 Å². The second kappa shape index (κ2) is 6.01. The van der Waals surface area contributed by atoms with Crippen molar-refractivity contribution < 1.29 is 0 Å². The van der Waals surface area contributed by atoms with E-state index in [-0.39, 0.29) is 0 Å². The highest BCUT2D eigenvalue weighted by Gasteiger charge is 1.92. The molecule has 0 bridgehead atoms. The Morgan fingerprint density at radius 3 is 2.47 bits per heavy atom. The minimum atomic E-state index is 1.03. The van der Waals surface area contributed by atoms with Gasteiger partial charge in [-0.1, -0.05) is 85.5 Å². The normalized spacial score (nSPS) is 12.5. The zero-order chi connectivity index (χ0) is 13.7. The zero-order valence-corrected chi connectivity index (χ0v) is 11.3. The molecule has 0 aromatic heterocycles. The molecular formula is C19H18. The number of allylic oxidation sites excluding steroid dienone is 2. The van der Waals surface area contributed by atoms with E-state index in [1.54, 1.807) is 0 Å². The third-order valence-electron chi connectivity index (χ3n) is 3.05. The van der Waals surface area contributed by atoms with Crippen LogP contribution in [0.2, 0.25) is 0 Å². The smallest absolute Gasteiger partial charge is 0.0115 e. The first-order chi connectivity index (χ1) is 9.20. The van der Waals surface area contributed by atoms with Gasteiger partial charge in [0, 0.05) is 0 Å². The molecule has 0 aliphatic rings. The highest BCUT2D eigenvalue weighted by atomic mass is 14.0. The van der Waals surface area contributed by atoms with Gasteiger partial charge in [0.1, 0.15) is 0 Å². The summed E-state index contributed by atoms with van der Waals surface area (Å²) in [7, 11) is 0. The maximum Gasteiger partial charge on any atom is -0.0115 e. The van der Waals surface area contributed by atoms with Gasteiger partial charge in [-0.15, -0.1) is 0 Å². The van der Waals surface area contributed by atoms with Gasteiger partial charge in [0.15, 0.2) is 0 Å². The molecule has 0 saturated carbocycles. The highest BCUT2D eigenvalue weighted by molar-refractivity contribution is 5.73. The van der Waals surface area contributed by atoms with Crippen molar-refractivity contribution in [1.82, 2.24) is 0 Å². The van der Waals surface area contributed by atoms with E-state index in [1.165, 1.54) is 11.1 Å². The van der Waals surface area contributed by atoms with Gasteiger partial charge in [0.2, 0.25) is 0 Å². The molecule has 0 aliphatic heterocycles. The van der Waals surface area contributed by atoms with Gasteiger partial charge in [-0.25, -0.2) is 0 Å². The second-order valence-corrected chi connectivity index (χ2v) is 4.56. The minimum Gasteiger partial charge on any atom is -0.0984 e. The third kappa shape index (κ3) is 3.32. The van der Waals surface area contributed by atoms with Crippen LogP contribution in [0.1, 0.15) is 11.1 Å². The van der Waals surface area contributed by atoms with Crippen LogP contribution in [0.15, 0.2) is 67.3 Å². The summed E-state index contributed by atoms with van der Waals surface area (Å²) in [6.07, 6.45) is 6.06. The van der Waals surface area contributed by atoms with Crippen LogP contribution < -0.4 is 10.4 Å². The molecular weight excluding hydrogens is 228 g/mol. The van der Waals surface area contributed by atoms with E-state index >= 15 is 0 Å². The van der Waals surface area contributed by atoms with Crippen LogP contribution in [0.4, 0.5) is 0 Å². The molecule has 0 unspecified atom stereocenters. The Balaban J connectivity index is 2.51. The molecule has 2 aromatic carbocycles. The average Bonchev–Trinajstić information content (AvgIpc) is 2.44. The minimum absolute atomic E-state index is 1.03. The molecule has 0 fully saturated rings. The first-order valence-electron chi connectivity index (χ1n) is 6.36. The standard InChI is InChI=1S/C19H18/c1-4-18(13-12-17-8-6-5-7-9-17)19-14-15(2)10-11-16(19)3/h4-14H,1,3H2,2H3/b13-12+,19-18-. The van der Waals surface area contributed by atoms with Crippen molar-refractivity contribution in [2.24, 2.45) is 0 Å². The van der Waals surface area contributed by atoms with Crippen molar-refractivity contribution >= 4 is 18.2 Å². The predicted octanol–water partition coefficient (Wildman–Crippen LogP) is 3.46. The van der Waals surface area contributed by atoms with Crippen molar-refractivity contribution in [3.05, 3.63) is 88.8 Å². The number of hydrogen-bond acceptors (Lipinski definition) is 0. The lowest BCUT2D eigenvalue weighted by Crippen LogP contribution is -2.24. The van der Waals surface area contributed by atoms with Crippen LogP contribution in [0.25, 0.3) is 18.2 Å². The molecule has 0 saturated heterocycles. The van der Waals surface area contributed by atoms with Crippen LogP contribution in [-0.4, -0.2) is 0 Å². The lowest BCUT2D eigenvalue weighted by molar-refractivity contribution is 1.40. The lowest BCUT2D eigenvalue weighted by Gasteiger charge is -1.98. The molecule has 0 N–H and O–H groups in total. The summed E-state index contributed by atoms with van der Waals surface area (Å²) < 4.78 is 0. The van der Waals surface area contributed by atoms with Crippen molar-refractivity contribution in [2.45, 2.75) is 6.92 Å². The van der Waals surface area contributed by atoms with E-state index < -0.39 is 0 Å². The Morgan fingerprint density at radius 2 is 1.79 bits per heavy atom. The Kier molecular flexibility index (Phi) is 4.15. The molecule has 0 aliphatic carbocycles. The SMILES string of the molecule is C=CC(/C=C/c1ccccc1)=c1\cc(C)ccc1=C. The van der Waals surface area contributed by atoms with E-state index in [0.717, 1.165) is 16.0 Å². The van der Waals surface area contributed by atoms with Crippen molar-refractivity contribution in [1.29, 1.82) is 0 Å². The lowest BCUT2D eigenvalue weighted by atomic mass is 10.1. The molecule has 0 spiro atoms. The van der Waals surface area contributed by atoms with Crippen LogP contribution >= 0.6 is 0 Å². The fourth-order valence-corrected chi connectivity index (χ4v) is 1.98. The van der Waals surface area contributed by atoms with Crippen LogP contribution in [0.5, 0.6) is 0 Å². The largest absolute Gasteiger partial charge is 0.0984 e. The maximum atomic E-state index is 4.08. The Bertz CT molecular complexity index is 703. The molecule has 0 nitrogen and oxygen atoms in total. The number of benzene rings is 2. The average molecular weight is 246 g/mol. The summed E-state index contributed by atoms with van der Waals surface area (Å²) in [5, 5.41) is 2.17. The fraction of sp³-hybridized carbons (Fsp3) is 0.0526. The summed E-state index contributed by atoms with van der Waals surface area (Å²) in [6, 6.07) is 16.5. The molecule has 0 radical (unpaired) electrons. The Morgan fingerprint density at radius 1 is 1.05 bits per heavy atom. The van der Waals surface area contributed by atoms with E-state index in [1.807, 2.05) is 30.3 Å². The topological polar surface area (TPSA) is 0 Å². The monoisotopic (exact) mass is 246 g/mol. The molecule has 0 heteroatoms. The van der Waals surface area contributed by atoms with Crippen molar-refractivity contribution in [3.8, 4) is 0 Å². The number of aryl methyl sites for hydroxylation is 1. The number of hydrogen-bond donors (Lipinski definition) is 0. The van der Waals surface area contributed by atoms with E-state index in [2.05, 4.69) is 56.5 Å². The highest BCUT2D eigenvalue weighted by Crippen LogP contribution is 2.05. The molecule has 0 heterocycles. The van der Waals surface area contributed by atoms with Crippen LogP contribution in [0, 0.1) is 6.92 Å². The van der Waals surface area contributed by atoms with E-state index in [9.17, 15) is 0 Å². The Labute approximate surface area is 114 Å². The predicted molar refractivity (Wildman–Crippen MR) is 85.0 cm³/mol. The number of rotatable bonds is 3. The Hall–Kier alpha value is -2.34. The van der Waals surface area contributed by atoms with Gasteiger partial charge >= 0.3 is 0 Å². The molecule has 94 valence electrons. The van der Waals surface area contributed by atoms with Crippen LogP contribution in [0.3, 0.4) is 0 Å². The van der Waals surface area contributed by atoms with Gasteiger partial charge in [0.25, 0.3) is 0 Å². The zero-order valence-electron chi connectivity index (χ0n) is 11.3. The first kappa shape index (κ1) is 13.1. The van der Waals surface area contributed by atoms with E-state index in [4.69, 9.17) is 0 Å². The molecule has 19 heavy (non-hydrogen) atoms. The first-order valence-corrected chi connectivity index (χ1v) is 6.36. The molecule has 0 amide bonds. The molecule has 2 rings (SSSR count). The van der Waals surface area contributed by atoms with Gasteiger partial charge < -0.3 is 0 Å². The van der Waals surface area contributed by atoms with Gasteiger partial charge in [-0.3, -0.25) is 0 Å². The summed E-state index contributed by atoms with van der Waals surface area (Å²) in [6.45, 7) is 10.1. The van der Waals surface area contributed by atoms with Gasteiger partial charge in [0.05, 0.1) is 0 Å². The summed E-state index contributed by atoms with van der Waals surface area (Å²) >= 11 is 0. The third-order valence-corrected chi connectivity index (χ3v) is 3.05. The van der Waals surface area contributed by atoms with Crippen molar-refractivity contribution in [2.75, 3.05) is 0 Å². The summed E-state index contributed by atoms with van der Waals surface area (Å²) in [5.74, 6) is 0. The summed E-state index contributed by atoms with van der Waals surface area (Å²) in [4.78, 5) is 0. The molecule has 2 aromatic rings. The maximum absolute atomic E-state index is 4.08. The fourth-order valence-electron chi connectivity index (χ4n) is 1.98. The van der Waals surface area contributed by atoms with E-state index in [0.29, 0.717) is 0 Å². The molecule has 0 atom stereocenters. The van der Waals surface area contributed by atoms with Gasteiger partial charge in [-0.2, -0.15) is 0 Å².